The predicted molar refractivity (Wildman–Crippen MR) is 140 cm³/mol. The van der Waals surface area contributed by atoms with Crippen molar-refractivity contribution in [3.8, 4) is 0 Å². The van der Waals surface area contributed by atoms with Crippen LogP contribution in [-0.4, -0.2) is 110 Å². The molecule has 2 saturated heterocycles. The number of halogens is 1. The molecule has 2 aliphatic rings. The standard InChI is InChI=1S/C20H23FN9O10PS/c21-19(29-6-25-10-14(29)23-5-24-16(10)34)3-37-9(12(19)32)2-39-41(36,42)40-20(4-38-8(1-31)13(20)33)30-7-26-11-15(30)27-18(22)28-17(11)35/h5-9,12-13,31-33H,1-4H2,(H,36,42)(H,23,24,34)(H3,22,27,28,35)/t8-,9-,12-,13-,19-,20+,41?/m1/s1. The van der Waals surface area contributed by atoms with Crippen molar-refractivity contribution >= 4 is 46.8 Å². The molecular formula is C20H23FN9O10PS. The SMILES string of the molecule is Nc1nc2c(ncn2[C@]2(OP(O)(=S)OC[C@H]3OC[C@@](F)(n4cnc5c(=O)[nH]cnc54)[C@@H]3O)CO[C@H](CO)[C@H]2O)c(=O)[nH]1. The van der Waals surface area contributed by atoms with Gasteiger partial charge in [-0.05, 0) is 11.8 Å². The van der Waals surface area contributed by atoms with Gasteiger partial charge in [-0.25, -0.2) is 19.3 Å². The Labute approximate surface area is 236 Å². The van der Waals surface area contributed by atoms with Crippen LogP contribution < -0.4 is 16.9 Å². The first-order chi connectivity index (χ1) is 19.9. The van der Waals surface area contributed by atoms with Crippen LogP contribution in [0, 0.1) is 0 Å². The van der Waals surface area contributed by atoms with Crippen LogP contribution in [0.1, 0.15) is 0 Å². The molecule has 19 nitrogen and oxygen atoms in total. The van der Waals surface area contributed by atoms with Crippen molar-refractivity contribution < 1.29 is 43.1 Å². The van der Waals surface area contributed by atoms with Gasteiger partial charge in [0.15, 0.2) is 22.3 Å². The molecule has 7 atom stereocenters. The Balaban J connectivity index is 1.26. The lowest BCUT2D eigenvalue weighted by Gasteiger charge is -2.35. The number of nitrogens with zero attached hydrogens (tertiary/aromatic N) is 6. The van der Waals surface area contributed by atoms with Crippen LogP contribution >= 0.6 is 6.72 Å². The molecule has 226 valence electrons. The van der Waals surface area contributed by atoms with Gasteiger partial charge >= 0.3 is 6.72 Å². The number of anilines is 1. The van der Waals surface area contributed by atoms with Crippen molar-refractivity contribution in [1.82, 2.24) is 39.0 Å². The van der Waals surface area contributed by atoms with E-state index in [1.165, 1.54) is 0 Å². The first-order valence-electron chi connectivity index (χ1n) is 12.1. The summed E-state index contributed by atoms with van der Waals surface area (Å²) in [4.78, 5) is 55.7. The third-order valence-electron chi connectivity index (χ3n) is 7.05. The Kier molecular flexibility index (Phi) is 7.00. The van der Waals surface area contributed by atoms with E-state index in [-0.39, 0.29) is 28.3 Å². The molecule has 8 N–H and O–H groups in total. The number of imidazole rings is 2. The van der Waals surface area contributed by atoms with E-state index >= 15 is 4.39 Å². The third kappa shape index (κ3) is 4.45. The van der Waals surface area contributed by atoms with Gasteiger partial charge < -0.3 is 44.9 Å². The van der Waals surface area contributed by atoms with Gasteiger partial charge in [0, 0.05) is 0 Å². The third-order valence-corrected chi connectivity index (χ3v) is 8.61. The van der Waals surface area contributed by atoms with Crippen LogP contribution in [0.2, 0.25) is 0 Å². The van der Waals surface area contributed by atoms with Crippen molar-refractivity contribution in [2.75, 3.05) is 32.2 Å². The largest absolute Gasteiger partial charge is 0.394 e. The number of ether oxygens (including phenoxy) is 2. The monoisotopic (exact) mass is 631 g/mol. The number of hydrogen-bond donors (Lipinski definition) is 7. The summed E-state index contributed by atoms with van der Waals surface area (Å²) in [5, 5.41) is 31.6. The zero-order valence-electron chi connectivity index (χ0n) is 21.1. The lowest BCUT2D eigenvalue weighted by atomic mass is 10.1. The van der Waals surface area contributed by atoms with Crippen molar-refractivity contribution in [3.05, 3.63) is 39.7 Å². The Hall–Kier alpha value is -3.24. The van der Waals surface area contributed by atoms with E-state index in [0.717, 1.165) is 28.1 Å². The van der Waals surface area contributed by atoms with Gasteiger partial charge in [0.05, 0.1) is 32.5 Å². The molecule has 0 amide bonds. The second-order valence-electron chi connectivity index (χ2n) is 9.55. The topological polar surface area (TPSA) is 271 Å². The number of hydrogen-bond acceptors (Lipinski definition) is 15. The summed E-state index contributed by atoms with van der Waals surface area (Å²) in [5.74, 6) is -2.91. The number of aromatic amines is 2. The quantitative estimate of drug-likeness (QED) is 0.0947. The smallest absolute Gasteiger partial charge is 0.326 e. The van der Waals surface area contributed by atoms with E-state index in [2.05, 4.69) is 29.9 Å². The zero-order valence-corrected chi connectivity index (χ0v) is 22.8. The Bertz CT molecular complexity index is 1830. The molecule has 2 aliphatic heterocycles. The maximum Gasteiger partial charge on any atom is 0.326 e. The Morgan fingerprint density at radius 3 is 2.50 bits per heavy atom. The molecule has 6 heterocycles. The van der Waals surface area contributed by atoms with Crippen LogP contribution in [-0.2, 0) is 41.8 Å². The number of nitrogen functional groups attached to an aromatic ring is 1. The molecule has 6 rings (SSSR count). The minimum absolute atomic E-state index is 0.141. The first-order valence-corrected chi connectivity index (χ1v) is 14.7. The van der Waals surface area contributed by atoms with Gasteiger partial charge in [0.1, 0.15) is 37.4 Å². The molecule has 0 bridgehead atoms. The van der Waals surface area contributed by atoms with E-state index < -0.39 is 80.2 Å². The number of fused-ring (bicyclic) bond motifs is 2. The molecule has 4 aromatic heterocycles. The minimum Gasteiger partial charge on any atom is -0.394 e. The summed E-state index contributed by atoms with van der Waals surface area (Å²) >= 11 is 5.17. The second kappa shape index (κ2) is 10.2. The van der Waals surface area contributed by atoms with E-state index in [9.17, 15) is 29.8 Å². The summed E-state index contributed by atoms with van der Waals surface area (Å²) < 4.78 is 40.0. The molecule has 42 heavy (non-hydrogen) atoms. The van der Waals surface area contributed by atoms with Gasteiger partial charge in [0.2, 0.25) is 17.5 Å². The number of aliphatic hydroxyl groups is 3. The summed E-state index contributed by atoms with van der Waals surface area (Å²) in [6, 6.07) is 0. The molecule has 4 aromatic rings. The molecule has 0 aromatic carbocycles. The van der Waals surface area contributed by atoms with Crippen LogP contribution in [0.4, 0.5) is 10.3 Å². The highest BCUT2D eigenvalue weighted by Crippen LogP contribution is 2.53. The number of aliphatic hydroxyl groups excluding tert-OH is 3. The van der Waals surface area contributed by atoms with E-state index in [1.54, 1.807) is 0 Å². The molecule has 22 heteroatoms. The molecule has 2 fully saturated rings. The van der Waals surface area contributed by atoms with Crippen LogP contribution in [0.25, 0.3) is 22.3 Å². The van der Waals surface area contributed by atoms with Crippen LogP contribution in [0.3, 0.4) is 0 Å². The van der Waals surface area contributed by atoms with Gasteiger partial charge in [-0.15, -0.1) is 0 Å². The lowest BCUT2D eigenvalue weighted by molar-refractivity contribution is -0.101. The molecule has 1 unspecified atom stereocenters. The van der Waals surface area contributed by atoms with Gasteiger partial charge in [-0.3, -0.25) is 28.2 Å². The second-order valence-corrected chi connectivity index (χ2v) is 12.3. The number of rotatable bonds is 8. The molecule has 0 saturated carbocycles. The highest BCUT2D eigenvalue weighted by Gasteiger charge is 2.56. The average molecular weight is 631 g/mol. The molecule has 0 aliphatic carbocycles. The zero-order chi connectivity index (χ0) is 30.0. The van der Waals surface area contributed by atoms with Crippen molar-refractivity contribution in [3.63, 3.8) is 0 Å². The van der Waals surface area contributed by atoms with Gasteiger partial charge in [-0.2, -0.15) is 4.98 Å². The Morgan fingerprint density at radius 2 is 1.79 bits per heavy atom. The van der Waals surface area contributed by atoms with Crippen molar-refractivity contribution in [2.45, 2.75) is 35.9 Å². The predicted octanol–water partition coefficient (Wildman–Crippen LogP) is -3.13. The maximum atomic E-state index is 16.0. The Morgan fingerprint density at radius 1 is 1.10 bits per heavy atom. The number of nitrogens with one attached hydrogen (secondary N) is 2. The minimum atomic E-state index is -4.42. The molecular weight excluding hydrogens is 608 g/mol. The summed E-state index contributed by atoms with van der Waals surface area (Å²) in [5.41, 5.74) is 1.58. The summed E-state index contributed by atoms with van der Waals surface area (Å²) in [6.07, 6.45) is -3.10. The van der Waals surface area contributed by atoms with Crippen molar-refractivity contribution in [1.29, 1.82) is 0 Å². The number of aromatic nitrogens is 8. The number of H-pyrrole nitrogens is 2. The summed E-state index contributed by atoms with van der Waals surface area (Å²) in [6.45, 7) is -6.98. The normalized spacial score (nSPS) is 31.3. The number of alkyl halides is 1. The average Bonchev–Trinajstić information content (AvgIpc) is 3.70. The fraction of sp³-hybridized carbons (Fsp3) is 0.500. The first kappa shape index (κ1) is 28.9. The fourth-order valence-electron chi connectivity index (χ4n) is 4.93. The highest BCUT2D eigenvalue weighted by atomic mass is 32.5. The van der Waals surface area contributed by atoms with E-state index in [4.69, 9.17) is 36.1 Å². The van der Waals surface area contributed by atoms with Gasteiger partial charge in [0.25, 0.3) is 11.1 Å². The van der Waals surface area contributed by atoms with Crippen LogP contribution in [0.5, 0.6) is 0 Å². The molecule has 0 spiro atoms. The van der Waals surface area contributed by atoms with Gasteiger partial charge in [-0.1, -0.05) is 0 Å². The summed E-state index contributed by atoms with van der Waals surface area (Å²) in [7, 11) is 0. The van der Waals surface area contributed by atoms with Crippen LogP contribution in [0.15, 0.2) is 28.6 Å². The molecule has 0 radical (unpaired) electrons. The van der Waals surface area contributed by atoms with Crippen molar-refractivity contribution in [2.24, 2.45) is 0 Å². The highest BCUT2D eigenvalue weighted by molar-refractivity contribution is 8.07. The van der Waals surface area contributed by atoms with E-state index in [1.807, 2.05) is 0 Å². The fourth-order valence-corrected chi connectivity index (χ4v) is 6.54. The number of nitrogens with two attached hydrogens (primary N) is 1. The van der Waals surface area contributed by atoms with E-state index in [0.29, 0.717) is 0 Å². The maximum absolute atomic E-state index is 16.0. The lowest BCUT2D eigenvalue weighted by Crippen LogP contribution is -2.49.